The Balaban J connectivity index is 2.66. The molecule has 0 aliphatic carbocycles. The fraction of sp³-hybridized carbons (Fsp3) is 0.375. The van der Waals surface area contributed by atoms with Crippen molar-refractivity contribution in [1.29, 1.82) is 0 Å². The minimum atomic E-state index is -1.01. The van der Waals surface area contributed by atoms with Gasteiger partial charge in [-0.1, -0.05) is 38.0 Å². The van der Waals surface area contributed by atoms with E-state index in [1.807, 2.05) is 25.1 Å². The maximum Gasteiger partial charge on any atom is 0.326 e. The van der Waals surface area contributed by atoms with Gasteiger partial charge >= 0.3 is 5.97 Å². The lowest BCUT2D eigenvalue weighted by Crippen LogP contribution is -2.39. The molecule has 0 unspecified atom stereocenters. The molecule has 0 saturated carbocycles. The molecule has 5 heteroatoms. The molecule has 2 N–H and O–H groups in total. The number of carboxylic acid groups (broad SMARTS) is 1. The van der Waals surface area contributed by atoms with Crippen LogP contribution in [-0.4, -0.2) is 30.1 Å². The Morgan fingerprint density at radius 1 is 1.38 bits per heavy atom. The number of ether oxygens (including phenoxy) is 1. The lowest BCUT2D eigenvalue weighted by atomic mass is 10.1. The highest BCUT2D eigenvalue weighted by Crippen LogP contribution is 2.18. The van der Waals surface area contributed by atoms with Crippen LogP contribution in [0.5, 0.6) is 5.75 Å². The van der Waals surface area contributed by atoms with Crippen LogP contribution in [0.25, 0.3) is 6.08 Å². The SMILES string of the molecule is CCCC[C@H](NC(=O)/C=C/c1ccccc1OC)C(=O)O. The van der Waals surface area contributed by atoms with E-state index in [-0.39, 0.29) is 0 Å². The Morgan fingerprint density at radius 2 is 2.10 bits per heavy atom. The number of carbonyl (C=O) groups is 2. The fourth-order valence-electron chi connectivity index (χ4n) is 1.86. The molecule has 0 aliphatic rings. The Morgan fingerprint density at radius 3 is 2.71 bits per heavy atom. The molecule has 1 aromatic rings. The monoisotopic (exact) mass is 291 g/mol. The van der Waals surface area contributed by atoms with Gasteiger partial charge in [-0.25, -0.2) is 4.79 Å². The van der Waals surface area contributed by atoms with Crippen molar-refractivity contribution in [2.45, 2.75) is 32.2 Å². The summed E-state index contributed by atoms with van der Waals surface area (Å²) in [6.07, 6.45) is 5.00. The zero-order valence-electron chi connectivity index (χ0n) is 12.3. The minimum absolute atomic E-state index is 0.426. The Labute approximate surface area is 124 Å². The molecule has 21 heavy (non-hydrogen) atoms. The number of unbranched alkanes of at least 4 members (excludes halogenated alkanes) is 1. The van der Waals surface area contributed by atoms with Gasteiger partial charge in [-0.15, -0.1) is 0 Å². The molecule has 0 bridgehead atoms. The van der Waals surface area contributed by atoms with E-state index in [1.54, 1.807) is 19.3 Å². The molecule has 0 saturated heterocycles. The molecular weight excluding hydrogens is 270 g/mol. The smallest absolute Gasteiger partial charge is 0.326 e. The summed E-state index contributed by atoms with van der Waals surface area (Å²) < 4.78 is 5.17. The van der Waals surface area contributed by atoms with E-state index < -0.39 is 17.9 Å². The number of carbonyl (C=O) groups excluding carboxylic acids is 1. The van der Waals surface area contributed by atoms with Gasteiger partial charge in [0.05, 0.1) is 7.11 Å². The summed E-state index contributed by atoms with van der Waals surface area (Å²) >= 11 is 0. The quantitative estimate of drug-likeness (QED) is 0.721. The molecule has 0 radical (unpaired) electrons. The van der Waals surface area contributed by atoms with E-state index in [2.05, 4.69) is 5.32 Å². The predicted molar refractivity (Wildman–Crippen MR) is 81.1 cm³/mol. The van der Waals surface area contributed by atoms with Crippen LogP contribution in [0.1, 0.15) is 31.7 Å². The first-order valence-electron chi connectivity index (χ1n) is 6.92. The summed E-state index contributed by atoms with van der Waals surface area (Å²) in [5.74, 6) is -0.783. The van der Waals surface area contributed by atoms with Gasteiger partial charge in [-0.2, -0.15) is 0 Å². The highest BCUT2D eigenvalue weighted by Gasteiger charge is 2.17. The summed E-state index contributed by atoms with van der Waals surface area (Å²) in [6, 6.07) is 6.43. The van der Waals surface area contributed by atoms with Crippen LogP contribution >= 0.6 is 0 Å². The van der Waals surface area contributed by atoms with Gasteiger partial charge in [0.25, 0.3) is 0 Å². The van der Waals surface area contributed by atoms with Crippen LogP contribution in [0.3, 0.4) is 0 Å². The molecule has 1 rings (SSSR count). The van der Waals surface area contributed by atoms with E-state index in [0.29, 0.717) is 12.2 Å². The third kappa shape index (κ3) is 5.69. The van der Waals surface area contributed by atoms with Crippen LogP contribution in [0.15, 0.2) is 30.3 Å². The number of hydrogen-bond donors (Lipinski definition) is 2. The zero-order valence-corrected chi connectivity index (χ0v) is 12.3. The van der Waals surface area contributed by atoms with Gasteiger partial charge in [0.15, 0.2) is 0 Å². The van der Waals surface area contributed by atoms with Crippen LogP contribution in [0, 0.1) is 0 Å². The molecule has 114 valence electrons. The van der Waals surface area contributed by atoms with Crippen molar-refractivity contribution in [2.24, 2.45) is 0 Å². The average Bonchev–Trinajstić information content (AvgIpc) is 2.49. The van der Waals surface area contributed by atoms with Gasteiger partial charge in [0, 0.05) is 11.6 Å². The molecule has 1 aromatic carbocycles. The third-order valence-electron chi connectivity index (χ3n) is 3.01. The van der Waals surface area contributed by atoms with Crippen LogP contribution < -0.4 is 10.1 Å². The van der Waals surface area contributed by atoms with E-state index >= 15 is 0 Å². The molecule has 5 nitrogen and oxygen atoms in total. The first-order valence-corrected chi connectivity index (χ1v) is 6.92. The van der Waals surface area contributed by atoms with Crippen molar-refractivity contribution in [3.05, 3.63) is 35.9 Å². The van der Waals surface area contributed by atoms with Crippen molar-refractivity contribution >= 4 is 18.0 Å². The Hall–Kier alpha value is -2.30. The van der Waals surface area contributed by atoms with E-state index in [9.17, 15) is 9.59 Å². The average molecular weight is 291 g/mol. The topological polar surface area (TPSA) is 75.6 Å². The molecule has 0 spiro atoms. The number of nitrogens with one attached hydrogen (secondary N) is 1. The number of para-hydroxylation sites is 1. The van der Waals surface area contributed by atoms with Crippen molar-refractivity contribution in [3.8, 4) is 5.75 Å². The third-order valence-corrected chi connectivity index (χ3v) is 3.01. The second-order valence-electron chi connectivity index (χ2n) is 4.62. The number of rotatable bonds is 8. The number of methoxy groups -OCH3 is 1. The zero-order chi connectivity index (χ0) is 15.7. The minimum Gasteiger partial charge on any atom is -0.496 e. The van der Waals surface area contributed by atoms with Crippen molar-refractivity contribution in [2.75, 3.05) is 7.11 Å². The summed E-state index contributed by atoms with van der Waals surface area (Å²) in [5.41, 5.74) is 0.760. The van der Waals surface area contributed by atoms with Crippen molar-refractivity contribution < 1.29 is 19.4 Å². The number of benzene rings is 1. The normalized spacial score (nSPS) is 12.1. The fourth-order valence-corrected chi connectivity index (χ4v) is 1.86. The molecular formula is C16H21NO4. The lowest BCUT2D eigenvalue weighted by molar-refractivity contribution is -0.141. The summed E-state index contributed by atoms with van der Waals surface area (Å²) in [6.45, 7) is 1.97. The maximum atomic E-state index is 11.8. The molecule has 0 heterocycles. The summed E-state index contributed by atoms with van der Waals surface area (Å²) in [7, 11) is 1.55. The first kappa shape index (κ1) is 16.8. The Bertz CT molecular complexity index is 511. The van der Waals surface area contributed by atoms with E-state index in [1.165, 1.54) is 6.08 Å². The molecule has 0 fully saturated rings. The maximum absolute atomic E-state index is 11.8. The van der Waals surface area contributed by atoms with E-state index in [0.717, 1.165) is 18.4 Å². The van der Waals surface area contributed by atoms with Crippen LogP contribution in [0.4, 0.5) is 0 Å². The van der Waals surface area contributed by atoms with Crippen LogP contribution in [-0.2, 0) is 9.59 Å². The number of amides is 1. The number of hydrogen-bond acceptors (Lipinski definition) is 3. The van der Waals surface area contributed by atoms with E-state index in [4.69, 9.17) is 9.84 Å². The molecule has 0 aromatic heterocycles. The molecule has 0 aliphatic heterocycles. The van der Waals surface area contributed by atoms with Gasteiger partial charge in [-0.3, -0.25) is 4.79 Å². The number of aliphatic carboxylic acids is 1. The van der Waals surface area contributed by atoms with Gasteiger partial charge < -0.3 is 15.2 Å². The highest BCUT2D eigenvalue weighted by atomic mass is 16.5. The van der Waals surface area contributed by atoms with Gasteiger partial charge in [0.2, 0.25) is 5.91 Å². The highest BCUT2D eigenvalue weighted by molar-refractivity contribution is 5.94. The van der Waals surface area contributed by atoms with Gasteiger partial charge in [0.1, 0.15) is 11.8 Å². The molecule has 1 amide bonds. The summed E-state index contributed by atoms with van der Waals surface area (Å²) in [4.78, 5) is 22.8. The van der Waals surface area contributed by atoms with Crippen molar-refractivity contribution in [1.82, 2.24) is 5.32 Å². The van der Waals surface area contributed by atoms with Crippen LogP contribution in [0.2, 0.25) is 0 Å². The Kier molecular flexibility index (Phi) is 7.01. The number of carboxylic acids is 1. The second-order valence-corrected chi connectivity index (χ2v) is 4.62. The largest absolute Gasteiger partial charge is 0.496 e. The second kappa shape index (κ2) is 8.79. The van der Waals surface area contributed by atoms with Crippen molar-refractivity contribution in [3.63, 3.8) is 0 Å². The summed E-state index contributed by atoms with van der Waals surface area (Å²) in [5, 5.41) is 11.6. The first-order chi connectivity index (χ1) is 10.1. The standard InChI is InChI=1S/C16H21NO4/c1-3-4-8-13(16(19)20)17-15(18)11-10-12-7-5-6-9-14(12)21-2/h5-7,9-11,13H,3-4,8H2,1-2H3,(H,17,18)(H,19,20)/b11-10+/t13-/m0/s1. The van der Waals surface area contributed by atoms with Gasteiger partial charge in [-0.05, 0) is 18.6 Å². The molecule has 1 atom stereocenters. The lowest BCUT2D eigenvalue weighted by Gasteiger charge is -2.12. The predicted octanol–water partition coefficient (Wildman–Crippen LogP) is 2.47.